The molecule has 1 aliphatic rings. The minimum Gasteiger partial charge on any atom is -0.361 e. The van der Waals surface area contributed by atoms with Crippen LogP contribution in [0.25, 0.3) is 0 Å². The van der Waals surface area contributed by atoms with Crippen LogP contribution in [0.5, 0.6) is 0 Å². The predicted octanol–water partition coefficient (Wildman–Crippen LogP) is 2.75. The van der Waals surface area contributed by atoms with Gasteiger partial charge in [-0.05, 0) is 40.0 Å². The minimum atomic E-state index is 0.514. The van der Waals surface area contributed by atoms with Crippen LogP contribution in [0.15, 0.2) is 4.52 Å². The van der Waals surface area contributed by atoms with E-state index in [1.54, 1.807) is 0 Å². The highest BCUT2D eigenvalue weighted by Crippen LogP contribution is 2.20. The fourth-order valence-corrected chi connectivity index (χ4v) is 2.65. The van der Waals surface area contributed by atoms with Crippen LogP contribution in [0.2, 0.25) is 0 Å². The lowest BCUT2D eigenvalue weighted by atomic mass is 10.0. The Kier molecular flexibility index (Phi) is 3.64. The van der Waals surface area contributed by atoms with Crippen LogP contribution >= 0.6 is 0 Å². The van der Waals surface area contributed by atoms with Crippen molar-refractivity contribution >= 4 is 0 Å². The monoisotopic (exact) mass is 222 g/mol. The molecule has 1 fully saturated rings. The van der Waals surface area contributed by atoms with Crippen LogP contribution in [-0.2, 0) is 6.42 Å². The van der Waals surface area contributed by atoms with E-state index in [-0.39, 0.29) is 0 Å². The average molecular weight is 222 g/mol. The van der Waals surface area contributed by atoms with E-state index in [1.807, 2.05) is 13.8 Å². The van der Waals surface area contributed by atoms with Gasteiger partial charge in [0, 0.05) is 17.6 Å². The smallest absolute Gasteiger partial charge is 0.137 e. The Morgan fingerprint density at radius 1 is 1.38 bits per heavy atom. The van der Waals surface area contributed by atoms with Gasteiger partial charge in [0.15, 0.2) is 0 Å². The van der Waals surface area contributed by atoms with Crippen molar-refractivity contribution in [3.8, 4) is 0 Å². The van der Waals surface area contributed by atoms with Crippen LogP contribution in [0.3, 0.4) is 0 Å². The molecule has 0 aromatic carbocycles. The molecule has 0 radical (unpaired) electrons. The summed E-state index contributed by atoms with van der Waals surface area (Å²) in [6, 6.07) is 1.25. The van der Waals surface area contributed by atoms with Crippen molar-refractivity contribution in [1.82, 2.24) is 10.5 Å². The first-order valence-corrected chi connectivity index (χ1v) is 6.34. The van der Waals surface area contributed by atoms with Gasteiger partial charge in [-0.2, -0.15) is 0 Å². The summed E-state index contributed by atoms with van der Waals surface area (Å²) in [5, 5.41) is 7.70. The summed E-state index contributed by atoms with van der Waals surface area (Å²) in [5.74, 6) is 0.970. The van der Waals surface area contributed by atoms with E-state index in [0.717, 1.165) is 23.9 Å². The Morgan fingerprint density at radius 3 is 2.62 bits per heavy atom. The van der Waals surface area contributed by atoms with Crippen LogP contribution < -0.4 is 5.32 Å². The van der Waals surface area contributed by atoms with E-state index in [9.17, 15) is 0 Å². The van der Waals surface area contributed by atoms with E-state index in [1.165, 1.54) is 31.2 Å². The number of nitrogens with zero attached hydrogens (tertiary/aromatic N) is 1. The van der Waals surface area contributed by atoms with Crippen molar-refractivity contribution in [1.29, 1.82) is 0 Å². The Morgan fingerprint density at radius 2 is 2.06 bits per heavy atom. The normalized spacial score (nSPS) is 19.2. The van der Waals surface area contributed by atoms with Gasteiger partial charge in [-0.1, -0.05) is 18.0 Å². The van der Waals surface area contributed by atoms with Crippen LogP contribution in [0.1, 0.15) is 49.6 Å². The highest BCUT2D eigenvalue weighted by atomic mass is 16.5. The lowest BCUT2D eigenvalue weighted by Gasteiger charge is -2.18. The topological polar surface area (TPSA) is 38.1 Å². The largest absolute Gasteiger partial charge is 0.361 e. The highest BCUT2D eigenvalue weighted by Gasteiger charge is 2.18. The van der Waals surface area contributed by atoms with Gasteiger partial charge >= 0.3 is 0 Å². The summed E-state index contributed by atoms with van der Waals surface area (Å²) in [5.41, 5.74) is 2.32. The molecule has 1 saturated carbocycles. The minimum absolute atomic E-state index is 0.514. The molecular formula is C13H22N2O. The first kappa shape index (κ1) is 11.6. The summed E-state index contributed by atoms with van der Waals surface area (Å²) in [7, 11) is 0. The Balaban J connectivity index is 1.88. The van der Waals surface area contributed by atoms with Gasteiger partial charge in [-0.25, -0.2) is 0 Å². The van der Waals surface area contributed by atoms with Crippen LogP contribution in [0, 0.1) is 13.8 Å². The lowest BCUT2D eigenvalue weighted by molar-refractivity contribution is 0.390. The van der Waals surface area contributed by atoms with Crippen LogP contribution in [-0.4, -0.2) is 17.2 Å². The van der Waals surface area contributed by atoms with Crippen molar-refractivity contribution in [2.75, 3.05) is 0 Å². The predicted molar refractivity (Wildman–Crippen MR) is 64.5 cm³/mol. The number of rotatable bonds is 4. The summed E-state index contributed by atoms with van der Waals surface area (Å²) in [6.45, 7) is 6.27. The number of aryl methyl sites for hydroxylation is 2. The Labute approximate surface area is 97.6 Å². The molecule has 3 heteroatoms. The zero-order valence-electron chi connectivity index (χ0n) is 10.5. The molecule has 0 saturated heterocycles. The number of hydrogen-bond donors (Lipinski definition) is 1. The first-order chi connectivity index (χ1) is 7.66. The third-order valence-electron chi connectivity index (χ3n) is 3.57. The summed E-state index contributed by atoms with van der Waals surface area (Å²) >= 11 is 0. The molecule has 2 rings (SSSR count). The maximum absolute atomic E-state index is 5.19. The SMILES string of the molecule is Cc1noc(C)c1CC(C)NC1CCCC1. The van der Waals surface area contributed by atoms with E-state index in [0.29, 0.717) is 6.04 Å². The second kappa shape index (κ2) is 5.00. The van der Waals surface area contributed by atoms with Gasteiger partial charge in [0.05, 0.1) is 5.69 Å². The maximum atomic E-state index is 5.19. The Hall–Kier alpha value is -0.830. The van der Waals surface area contributed by atoms with Gasteiger partial charge in [0.2, 0.25) is 0 Å². The Bertz CT molecular complexity index is 320. The molecule has 1 aliphatic carbocycles. The number of aromatic nitrogens is 1. The highest BCUT2D eigenvalue weighted by molar-refractivity contribution is 5.21. The van der Waals surface area contributed by atoms with Crippen LogP contribution in [0.4, 0.5) is 0 Å². The zero-order chi connectivity index (χ0) is 11.5. The average Bonchev–Trinajstić information content (AvgIpc) is 2.83. The summed E-state index contributed by atoms with van der Waals surface area (Å²) < 4.78 is 5.19. The molecule has 1 heterocycles. The summed E-state index contributed by atoms with van der Waals surface area (Å²) in [6.07, 6.45) is 6.47. The van der Waals surface area contributed by atoms with E-state index in [2.05, 4.69) is 17.4 Å². The lowest BCUT2D eigenvalue weighted by Crippen LogP contribution is -2.36. The molecule has 0 amide bonds. The van der Waals surface area contributed by atoms with Gasteiger partial charge in [-0.15, -0.1) is 0 Å². The van der Waals surface area contributed by atoms with Crippen molar-refractivity contribution < 1.29 is 4.52 Å². The molecule has 1 unspecified atom stereocenters. The molecule has 1 aromatic rings. The van der Waals surface area contributed by atoms with Crippen molar-refractivity contribution in [3.05, 3.63) is 17.0 Å². The number of hydrogen-bond acceptors (Lipinski definition) is 3. The summed E-state index contributed by atoms with van der Waals surface area (Å²) in [4.78, 5) is 0. The maximum Gasteiger partial charge on any atom is 0.137 e. The molecule has 0 spiro atoms. The molecule has 1 aromatic heterocycles. The van der Waals surface area contributed by atoms with Gasteiger partial charge in [0.25, 0.3) is 0 Å². The first-order valence-electron chi connectivity index (χ1n) is 6.34. The van der Waals surface area contributed by atoms with Gasteiger partial charge < -0.3 is 9.84 Å². The molecule has 1 N–H and O–H groups in total. The number of nitrogens with one attached hydrogen (secondary N) is 1. The fraction of sp³-hybridized carbons (Fsp3) is 0.769. The van der Waals surface area contributed by atoms with E-state index < -0.39 is 0 Å². The molecule has 0 aliphatic heterocycles. The second-order valence-electron chi connectivity index (χ2n) is 5.06. The third-order valence-corrected chi connectivity index (χ3v) is 3.57. The molecule has 16 heavy (non-hydrogen) atoms. The molecule has 3 nitrogen and oxygen atoms in total. The third kappa shape index (κ3) is 2.64. The fourth-order valence-electron chi connectivity index (χ4n) is 2.65. The van der Waals surface area contributed by atoms with Gasteiger partial charge in [-0.3, -0.25) is 0 Å². The molecule has 90 valence electrons. The molecule has 0 bridgehead atoms. The molecular weight excluding hydrogens is 200 g/mol. The van der Waals surface area contributed by atoms with Crippen molar-refractivity contribution in [2.24, 2.45) is 0 Å². The van der Waals surface area contributed by atoms with Crippen molar-refractivity contribution in [2.45, 2.75) is 65.0 Å². The van der Waals surface area contributed by atoms with Gasteiger partial charge in [0.1, 0.15) is 5.76 Å². The second-order valence-corrected chi connectivity index (χ2v) is 5.06. The van der Waals surface area contributed by atoms with E-state index in [4.69, 9.17) is 4.52 Å². The molecule has 1 atom stereocenters. The standard InChI is InChI=1S/C13H22N2O/c1-9(14-12-6-4-5-7-12)8-13-10(2)15-16-11(13)3/h9,12,14H,4-8H2,1-3H3. The quantitative estimate of drug-likeness (QED) is 0.851. The van der Waals surface area contributed by atoms with E-state index >= 15 is 0 Å². The van der Waals surface area contributed by atoms with Crippen molar-refractivity contribution in [3.63, 3.8) is 0 Å². The zero-order valence-corrected chi connectivity index (χ0v) is 10.5.